The summed E-state index contributed by atoms with van der Waals surface area (Å²) in [4.78, 5) is 14.5. The van der Waals surface area contributed by atoms with Gasteiger partial charge in [0, 0.05) is 37.1 Å². The van der Waals surface area contributed by atoms with E-state index in [1.165, 1.54) is 0 Å². The highest BCUT2D eigenvalue weighted by molar-refractivity contribution is 8.22. The van der Waals surface area contributed by atoms with E-state index in [0.29, 0.717) is 26.0 Å². The average molecular weight is 415 g/mol. The van der Waals surface area contributed by atoms with Gasteiger partial charge in [-0.1, -0.05) is 72.5 Å². The van der Waals surface area contributed by atoms with E-state index in [4.69, 9.17) is 21.3 Å². The SMILES string of the molecule is CCOC(=O)/C=C(/CP(=S)(c1ccccc1)c1ccccc1)N1CCOCC1. The Kier molecular flexibility index (Phi) is 7.43. The van der Waals surface area contributed by atoms with Crippen molar-refractivity contribution in [1.82, 2.24) is 4.90 Å². The molecule has 1 saturated heterocycles. The summed E-state index contributed by atoms with van der Waals surface area (Å²) < 4.78 is 10.7. The first-order chi connectivity index (χ1) is 13.6. The number of hydrogen-bond donors (Lipinski definition) is 0. The first kappa shape index (κ1) is 20.8. The van der Waals surface area contributed by atoms with Crippen molar-refractivity contribution >= 4 is 34.4 Å². The Morgan fingerprint density at radius 1 is 1.07 bits per heavy atom. The molecule has 0 aliphatic carbocycles. The van der Waals surface area contributed by atoms with Crippen molar-refractivity contribution < 1.29 is 14.3 Å². The highest BCUT2D eigenvalue weighted by Gasteiger charge is 2.27. The second-order valence-electron chi connectivity index (χ2n) is 6.56. The molecule has 1 aliphatic heterocycles. The zero-order valence-electron chi connectivity index (χ0n) is 16.1. The van der Waals surface area contributed by atoms with Gasteiger partial charge < -0.3 is 14.4 Å². The normalized spacial score (nSPS) is 15.3. The molecule has 3 rings (SSSR count). The number of benzene rings is 2. The standard InChI is InChI=1S/C22H26NO3PS/c1-2-26-22(24)17-19(23-13-15-25-16-14-23)18-27(28,20-9-5-3-6-10-20)21-11-7-4-8-12-21/h3-12,17H,2,13-16,18H2,1H3/b19-17-. The number of allylic oxidation sites excluding steroid dienone is 1. The summed E-state index contributed by atoms with van der Waals surface area (Å²) in [6.45, 7) is 4.99. The molecule has 0 amide bonds. The molecule has 1 fully saturated rings. The fourth-order valence-corrected chi connectivity index (χ4v) is 7.15. The Morgan fingerprint density at radius 3 is 2.11 bits per heavy atom. The minimum absolute atomic E-state index is 0.313. The molecule has 28 heavy (non-hydrogen) atoms. The Balaban J connectivity index is 2.02. The first-order valence-corrected chi connectivity index (χ1v) is 12.5. The predicted octanol–water partition coefficient (Wildman–Crippen LogP) is 2.90. The topological polar surface area (TPSA) is 38.8 Å². The van der Waals surface area contributed by atoms with Crippen LogP contribution in [0.3, 0.4) is 0 Å². The summed E-state index contributed by atoms with van der Waals surface area (Å²) in [7, 11) is 0. The van der Waals surface area contributed by atoms with Crippen molar-refractivity contribution in [2.45, 2.75) is 6.92 Å². The van der Waals surface area contributed by atoms with E-state index in [0.717, 1.165) is 29.4 Å². The van der Waals surface area contributed by atoms with Crippen molar-refractivity contribution in [3.05, 3.63) is 72.4 Å². The number of carbonyl (C=O) groups excluding carboxylic acids is 1. The lowest BCUT2D eigenvalue weighted by Gasteiger charge is -2.34. The summed E-state index contributed by atoms with van der Waals surface area (Å²) in [5.41, 5.74) is 0.942. The van der Waals surface area contributed by atoms with Gasteiger partial charge in [0.15, 0.2) is 0 Å². The first-order valence-electron chi connectivity index (χ1n) is 9.54. The van der Waals surface area contributed by atoms with Gasteiger partial charge in [0.1, 0.15) is 0 Å². The van der Waals surface area contributed by atoms with E-state index < -0.39 is 6.04 Å². The van der Waals surface area contributed by atoms with Gasteiger partial charge in [-0.3, -0.25) is 0 Å². The maximum Gasteiger partial charge on any atom is 0.332 e. The number of hydrogen-bond acceptors (Lipinski definition) is 5. The molecule has 4 nitrogen and oxygen atoms in total. The molecule has 0 radical (unpaired) electrons. The van der Waals surface area contributed by atoms with Gasteiger partial charge in [-0.2, -0.15) is 0 Å². The fraction of sp³-hybridized carbons (Fsp3) is 0.318. The lowest BCUT2D eigenvalue weighted by Crippen LogP contribution is -2.38. The third-order valence-corrected chi connectivity index (χ3v) is 9.41. The largest absolute Gasteiger partial charge is 0.463 e. The van der Waals surface area contributed by atoms with Crippen LogP contribution in [0.5, 0.6) is 0 Å². The van der Waals surface area contributed by atoms with Gasteiger partial charge >= 0.3 is 5.97 Å². The Bertz CT molecular complexity index is 805. The molecule has 0 aromatic heterocycles. The van der Waals surface area contributed by atoms with Crippen LogP contribution in [0.25, 0.3) is 0 Å². The minimum atomic E-state index is -2.15. The molecule has 0 atom stereocenters. The molecule has 0 unspecified atom stereocenters. The van der Waals surface area contributed by atoms with E-state index in [2.05, 4.69) is 29.2 Å². The van der Waals surface area contributed by atoms with Crippen LogP contribution in [-0.2, 0) is 26.1 Å². The third kappa shape index (κ3) is 5.11. The average Bonchev–Trinajstić information content (AvgIpc) is 2.75. The smallest absolute Gasteiger partial charge is 0.332 e. The summed E-state index contributed by atoms with van der Waals surface area (Å²) in [6, 6.07) is 18.4. The van der Waals surface area contributed by atoms with E-state index >= 15 is 0 Å². The maximum atomic E-state index is 12.3. The van der Waals surface area contributed by atoms with Crippen LogP contribution >= 0.6 is 6.04 Å². The number of morpholine rings is 1. The van der Waals surface area contributed by atoms with E-state index in [1.807, 2.05) is 43.3 Å². The van der Waals surface area contributed by atoms with Crippen LogP contribution in [0.2, 0.25) is 0 Å². The van der Waals surface area contributed by atoms with Crippen LogP contribution < -0.4 is 10.6 Å². The van der Waals surface area contributed by atoms with Crippen LogP contribution in [-0.4, -0.2) is 49.9 Å². The lowest BCUT2D eigenvalue weighted by atomic mass is 10.3. The molecule has 148 valence electrons. The number of esters is 1. The quantitative estimate of drug-likeness (QED) is 0.395. The van der Waals surface area contributed by atoms with Crippen LogP contribution in [0.15, 0.2) is 72.4 Å². The molecule has 1 heterocycles. The van der Waals surface area contributed by atoms with Gasteiger partial charge in [-0.05, 0) is 17.5 Å². The van der Waals surface area contributed by atoms with E-state index in [9.17, 15) is 4.79 Å². The van der Waals surface area contributed by atoms with Crippen molar-refractivity contribution in [3.63, 3.8) is 0 Å². The van der Waals surface area contributed by atoms with Crippen molar-refractivity contribution in [2.75, 3.05) is 39.1 Å². The van der Waals surface area contributed by atoms with Gasteiger partial charge in [-0.25, -0.2) is 4.79 Å². The Hall–Kier alpha value is -1.94. The predicted molar refractivity (Wildman–Crippen MR) is 118 cm³/mol. The summed E-state index contributed by atoms with van der Waals surface area (Å²) in [5, 5.41) is 2.30. The molecule has 0 spiro atoms. The monoisotopic (exact) mass is 415 g/mol. The molecule has 2 aromatic carbocycles. The summed E-state index contributed by atoms with van der Waals surface area (Å²) in [6.07, 6.45) is 2.26. The summed E-state index contributed by atoms with van der Waals surface area (Å²) >= 11 is 6.36. The number of carbonyl (C=O) groups is 1. The van der Waals surface area contributed by atoms with E-state index in [1.54, 1.807) is 6.08 Å². The number of ether oxygens (including phenoxy) is 2. The second kappa shape index (κ2) is 10.0. The van der Waals surface area contributed by atoms with Crippen molar-refractivity contribution in [1.29, 1.82) is 0 Å². The molecule has 0 N–H and O–H groups in total. The zero-order valence-corrected chi connectivity index (χ0v) is 17.8. The van der Waals surface area contributed by atoms with Gasteiger partial charge in [-0.15, -0.1) is 0 Å². The summed E-state index contributed by atoms with van der Waals surface area (Å²) in [5.74, 6) is -0.313. The van der Waals surface area contributed by atoms with Crippen molar-refractivity contribution in [3.8, 4) is 0 Å². The highest BCUT2D eigenvalue weighted by Crippen LogP contribution is 2.46. The lowest BCUT2D eigenvalue weighted by molar-refractivity contribution is -0.137. The maximum absolute atomic E-state index is 12.3. The molecule has 2 aromatic rings. The van der Waals surface area contributed by atoms with Gasteiger partial charge in [0.2, 0.25) is 0 Å². The molecule has 6 heteroatoms. The van der Waals surface area contributed by atoms with Crippen LogP contribution in [0.4, 0.5) is 0 Å². The molecule has 0 saturated carbocycles. The zero-order chi connectivity index (χ0) is 19.8. The molecule has 0 bridgehead atoms. The van der Waals surface area contributed by atoms with Crippen molar-refractivity contribution in [2.24, 2.45) is 0 Å². The number of nitrogens with zero attached hydrogens (tertiary/aromatic N) is 1. The van der Waals surface area contributed by atoms with Crippen LogP contribution in [0, 0.1) is 0 Å². The molecular weight excluding hydrogens is 389 g/mol. The van der Waals surface area contributed by atoms with E-state index in [-0.39, 0.29) is 5.97 Å². The number of rotatable bonds is 7. The highest BCUT2D eigenvalue weighted by atomic mass is 32.4. The third-order valence-electron chi connectivity index (χ3n) is 4.72. The van der Waals surface area contributed by atoms with Gasteiger partial charge in [0.25, 0.3) is 0 Å². The van der Waals surface area contributed by atoms with Crippen LogP contribution in [0.1, 0.15) is 6.92 Å². The Morgan fingerprint density at radius 2 is 1.61 bits per heavy atom. The fourth-order valence-electron chi connectivity index (χ4n) is 3.30. The molecule has 1 aliphatic rings. The molecular formula is C22H26NO3PS. The minimum Gasteiger partial charge on any atom is -0.463 e. The second-order valence-corrected chi connectivity index (χ2v) is 11.3. The van der Waals surface area contributed by atoms with Gasteiger partial charge in [0.05, 0.1) is 19.8 Å². The Labute approximate surface area is 172 Å².